The van der Waals surface area contributed by atoms with Crippen LogP contribution >= 0.6 is 0 Å². The number of anilines is 2. The molecule has 0 bridgehead atoms. The highest BCUT2D eigenvalue weighted by Gasteiger charge is 2.30. The number of carbonyl (C=O) groups excluding carboxylic acids is 2. The van der Waals surface area contributed by atoms with Gasteiger partial charge in [0, 0.05) is 43.0 Å². The maximum atomic E-state index is 13.4. The van der Waals surface area contributed by atoms with Crippen molar-refractivity contribution in [3.8, 4) is 5.75 Å². The van der Waals surface area contributed by atoms with Crippen molar-refractivity contribution >= 4 is 29.2 Å². The van der Waals surface area contributed by atoms with Crippen LogP contribution in [0.4, 0.5) is 16.4 Å². The molecular weight excluding hydrogens is 606 g/mol. The fourth-order valence-electron chi connectivity index (χ4n) is 5.88. The Kier molecular flexibility index (Phi) is 10.8. The lowest BCUT2D eigenvalue weighted by Gasteiger charge is -2.32. The van der Waals surface area contributed by atoms with Gasteiger partial charge in [0.05, 0.1) is 12.2 Å². The zero-order valence-electron chi connectivity index (χ0n) is 29.2. The van der Waals surface area contributed by atoms with E-state index in [4.69, 9.17) is 4.74 Å². The largest absolute Gasteiger partial charge is 0.484 e. The lowest BCUT2D eigenvalue weighted by Crippen LogP contribution is -2.36. The van der Waals surface area contributed by atoms with Crippen LogP contribution in [0.2, 0.25) is 0 Å². The highest BCUT2D eigenvalue weighted by atomic mass is 16.5. The minimum absolute atomic E-state index is 0.180. The number of carbonyl (C=O) groups is 2. The summed E-state index contributed by atoms with van der Waals surface area (Å²) in [5, 5.41) is 17.8. The zero-order valence-corrected chi connectivity index (χ0v) is 29.2. The molecule has 3 N–H and O–H groups in total. The van der Waals surface area contributed by atoms with Gasteiger partial charge in [-0.25, -0.2) is 9.78 Å². The molecule has 0 spiro atoms. The highest BCUT2D eigenvalue weighted by Crippen LogP contribution is 2.39. The molecule has 4 aromatic rings. The average Bonchev–Trinajstić information content (AvgIpc) is 3.48. The first-order valence-electron chi connectivity index (χ1n) is 16.9. The van der Waals surface area contributed by atoms with E-state index in [1.807, 2.05) is 74.8 Å². The molecule has 0 radical (unpaired) electrons. The Morgan fingerprint density at radius 3 is 2.44 bits per heavy atom. The Morgan fingerprint density at radius 1 is 0.979 bits per heavy atom. The molecule has 0 saturated heterocycles. The number of urea groups is 1. The number of hydrogen-bond donors (Lipinski definition) is 3. The van der Waals surface area contributed by atoms with Gasteiger partial charge >= 0.3 is 6.03 Å². The van der Waals surface area contributed by atoms with Gasteiger partial charge in [0.15, 0.2) is 5.65 Å². The number of likely N-dealkylation sites (N-methyl/N-ethyl adjacent to an activating group) is 1. The molecule has 0 unspecified atom stereocenters. The van der Waals surface area contributed by atoms with Gasteiger partial charge in [-0.1, -0.05) is 52.0 Å². The third-order valence-corrected chi connectivity index (χ3v) is 8.83. The van der Waals surface area contributed by atoms with Crippen molar-refractivity contribution in [3.05, 3.63) is 77.2 Å². The number of aromatic nitrogens is 4. The molecule has 12 nitrogen and oxygen atoms in total. The minimum atomic E-state index is -0.349. The summed E-state index contributed by atoms with van der Waals surface area (Å²) in [7, 11) is 2.01. The van der Waals surface area contributed by atoms with E-state index in [-0.39, 0.29) is 35.2 Å². The van der Waals surface area contributed by atoms with Crippen molar-refractivity contribution in [3.63, 3.8) is 0 Å². The zero-order chi connectivity index (χ0) is 34.4. The molecular formula is C36H49N9O3. The number of amides is 3. The number of nitrogens with one attached hydrogen (secondary N) is 3. The molecule has 1 aliphatic carbocycles. The second-order valence-electron chi connectivity index (χ2n) is 13.3. The average molecular weight is 656 g/mol. The molecule has 2 atom stereocenters. The monoisotopic (exact) mass is 655 g/mol. The Balaban J connectivity index is 1.29. The summed E-state index contributed by atoms with van der Waals surface area (Å²) >= 11 is 0. The van der Waals surface area contributed by atoms with Crippen LogP contribution in [-0.4, -0.2) is 76.2 Å². The van der Waals surface area contributed by atoms with Gasteiger partial charge in [0.1, 0.15) is 17.5 Å². The van der Waals surface area contributed by atoms with E-state index in [2.05, 4.69) is 67.8 Å². The fraction of sp³-hybridized carbons (Fsp3) is 0.472. The minimum Gasteiger partial charge on any atom is -0.484 e. The first-order chi connectivity index (χ1) is 23.0. The molecule has 1 aliphatic rings. The van der Waals surface area contributed by atoms with Crippen molar-refractivity contribution in [2.75, 3.05) is 50.0 Å². The van der Waals surface area contributed by atoms with Crippen LogP contribution < -0.4 is 25.6 Å². The third-order valence-electron chi connectivity index (χ3n) is 8.83. The maximum Gasteiger partial charge on any atom is 0.319 e. The Bertz CT molecular complexity index is 1730. The van der Waals surface area contributed by atoms with E-state index >= 15 is 0 Å². The summed E-state index contributed by atoms with van der Waals surface area (Å²) in [4.78, 5) is 35.4. The first kappa shape index (κ1) is 34.6. The lowest BCUT2D eigenvalue weighted by molar-refractivity contribution is 0.0944. The number of benzene rings is 1. The summed E-state index contributed by atoms with van der Waals surface area (Å²) < 4.78 is 8.54. The van der Waals surface area contributed by atoms with Crippen molar-refractivity contribution in [2.45, 2.75) is 71.9 Å². The molecule has 0 fully saturated rings. The van der Waals surface area contributed by atoms with Crippen molar-refractivity contribution < 1.29 is 14.3 Å². The smallest absolute Gasteiger partial charge is 0.319 e. The van der Waals surface area contributed by atoms with Crippen LogP contribution in [0.15, 0.2) is 54.7 Å². The predicted molar refractivity (Wildman–Crippen MR) is 189 cm³/mol. The maximum absolute atomic E-state index is 13.4. The molecule has 0 aliphatic heterocycles. The third kappa shape index (κ3) is 8.04. The van der Waals surface area contributed by atoms with E-state index in [1.165, 1.54) is 0 Å². The van der Waals surface area contributed by atoms with Crippen LogP contribution in [0.1, 0.15) is 93.8 Å². The van der Waals surface area contributed by atoms with Crippen molar-refractivity contribution in [1.82, 2.24) is 35.1 Å². The first-order valence-corrected chi connectivity index (χ1v) is 16.9. The van der Waals surface area contributed by atoms with Crippen LogP contribution in [-0.2, 0) is 5.41 Å². The number of hydrogen-bond acceptors (Lipinski definition) is 8. The highest BCUT2D eigenvalue weighted by molar-refractivity contribution is 5.95. The molecule has 5 rings (SSSR count). The summed E-state index contributed by atoms with van der Waals surface area (Å²) in [5.41, 5.74) is 3.99. The Hall–Kier alpha value is -4.71. The van der Waals surface area contributed by atoms with E-state index in [0.717, 1.165) is 54.7 Å². The van der Waals surface area contributed by atoms with Gasteiger partial charge in [-0.15, -0.1) is 10.2 Å². The second-order valence-corrected chi connectivity index (χ2v) is 13.3. The number of rotatable bonds is 12. The summed E-state index contributed by atoms with van der Waals surface area (Å²) in [6.45, 7) is 16.1. The van der Waals surface area contributed by atoms with Crippen LogP contribution in [0.3, 0.4) is 0 Å². The number of fused-ring (bicyclic) bond motifs is 2. The predicted octanol–water partition coefficient (Wildman–Crippen LogP) is 5.73. The van der Waals surface area contributed by atoms with Crippen molar-refractivity contribution in [1.29, 1.82) is 0 Å². The Labute approximate surface area is 283 Å². The lowest BCUT2D eigenvalue weighted by atomic mass is 9.85. The molecule has 3 heterocycles. The van der Waals surface area contributed by atoms with Crippen LogP contribution in [0.25, 0.3) is 5.65 Å². The van der Waals surface area contributed by atoms with E-state index in [9.17, 15) is 9.59 Å². The standard InChI is InChI=1S/C36H49N9O3/c1-8-43(7)20-19-37-33(46)29-21-24(22-31(39-29)36(4,5)6)38-34(47)40-28-16-17-30(27-14-12-11-13-26(27)28)48-25-15-18-32-41-42-35(45(32)23-25)44(9-2)10-3/h11-15,18,21-23,28,30H,8-10,16-17,19-20H2,1-7H3,(H,37,46)(H2,38,39,40,47)/t28-,30+/m0/s1. The van der Waals surface area contributed by atoms with Crippen molar-refractivity contribution in [2.24, 2.45) is 0 Å². The van der Waals surface area contributed by atoms with Gasteiger partial charge in [0.2, 0.25) is 5.95 Å². The topological polar surface area (TPSA) is 129 Å². The molecule has 1 aromatic carbocycles. The van der Waals surface area contributed by atoms with Gasteiger partial charge in [-0.3, -0.25) is 9.20 Å². The summed E-state index contributed by atoms with van der Waals surface area (Å²) in [6, 6.07) is 14.8. The van der Waals surface area contributed by atoms with Gasteiger partial charge in [-0.2, -0.15) is 0 Å². The van der Waals surface area contributed by atoms with E-state index in [0.29, 0.717) is 30.8 Å². The van der Waals surface area contributed by atoms with Gasteiger partial charge in [0.25, 0.3) is 5.91 Å². The normalized spacial score (nSPS) is 16.0. The molecule has 3 amide bonds. The van der Waals surface area contributed by atoms with E-state index < -0.39 is 0 Å². The molecule has 0 saturated carbocycles. The van der Waals surface area contributed by atoms with Gasteiger partial charge in [-0.05, 0) is 75.7 Å². The molecule has 256 valence electrons. The summed E-state index contributed by atoms with van der Waals surface area (Å²) in [6.07, 6.45) is 3.17. The molecule has 48 heavy (non-hydrogen) atoms. The quantitative estimate of drug-likeness (QED) is 0.177. The number of pyridine rings is 2. The molecule has 12 heteroatoms. The van der Waals surface area contributed by atoms with Crippen LogP contribution in [0.5, 0.6) is 5.75 Å². The Morgan fingerprint density at radius 2 is 1.73 bits per heavy atom. The molecule has 3 aromatic heterocycles. The second kappa shape index (κ2) is 15.0. The van der Waals surface area contributed by atoms with Gasteiger partial charge < -0.3 is 30.5 Å². The number of nitrogens with zero attached hydrogens (tertiary/aromatic N) is 6. The summed E-state index contributed by atoms with van der Waals surface area (Å²) in [5.74, 6) is 1.24. The van der Waals surface area contributed by atoms with Crippen LogP contribution in [0, 0.1) is 0 Å². The SMILES string of the molecule is CCN(C)CCNC(=O)c1cc(NC(=O)N[C@H]2CC[C@@H](Oc3ccc4nnc(N(CC)CC)n4c3)c3ccccc32)cc(C(C)(C)C)n1. The van der Waals surface area contributed by atoms with E-state index in [1.54, 1.807) is 6.07 Å². The number of ether oxygens (including phenoxy) is 1. The fourth-order valence-corrected chi connectivity index (χ4v) is 5.88.